The summed E-state index contributed by atoms with van der Waals surface area (Å²) in [6, 6.07) is 8.49. The molecule has 1 aliphatic heterocycles. The fourth-order valence-corrected chi connectivity index (χ4v) is 2.96. The molecule has 24 heavy (non-hydrogen) atoms. The summed E-state index contributed by atoms with van der Waals surface area (Å²) in [5.74, 6) is 3.28. The van der Waals surface area contributed by atoms with Crippen molar-refractivity contribution in [3.63, 3.8) is 0 Å². The average molecular weight is 445 g/mol. The minimum absolute atomic E-state index is 0. The molecule has 0 radical (unpaired) electrons. The van der Waals surface area contributed by atoms with Crippen LogP contribution in [0.1, 0.15) is 45.1 Å². The van der Waals surface area contributed by atoms with Crippen molar-refractivity contribution in [3.05, 3.63) is 29.8 Å². The second-order valence-electron chi connectivity index (χ2n) is 6.62. The van der Waals surface area contributed by atoms with Crippen molar-refractivity contribution in [1.82, 2.24) is 10.2 Å². The van der Waals surface area contributed by atoms with Crippen molar-refractivity contribution in [2.45, 2.75) is 39.5 Å². The molecular weight excluding hydrogens is 413 g/mol. The third kappa shape index (κ3) is 6.15. The summed E-state index contributed by atoms with van der Waals surface area (Å²) in [6.45, 7) is 10.6. The van der Waals surface area contributed by atoms with E-state index in [4.69, 9.17) is 9.73 Å². The van der Waals surface area contributed by atoms with Crippen molar-refractivity contribution in [2.24, 2.45) is 10.9 Å². The second-order valence-corrected chi connectivity index (χ2v) is 6.62. The number of aliphatic imine (C=N–C) groups is 1. The van der Waals surface area contributed by atoms with Gasteiger partial charge in [-0.1, -0.05) is 26.0 Å². The van der Waals surface area contributed by atoms with Gasteiger partial charge in [-0.25, -0.2) is 0 Å². The van der Waals surface area contributed by atoms with Crippen molar-refractivity contribution < 1.29 is 4.74 Å². The smallest absolute Gasteiger partial charge is 0.193 e. The number of benzene rings is 1. The van der Waals surface area contributed by atoms with Crippen molar-refractivity contribution in [2.75, 3.05) is 33.3 Å². The Morgan fingerprint density at radius 2 is 2.04 bits per heavy atom. The summed E-state index contributed by atoms with van der Waals surface area (Å²) in [4.78, 5) is 7.20. The number of nitrogens with zero attached hydrogens (tertiary/aromatic N) is 2. The van der Waals surface area contributed by atoms with Crippen LogP contribution >= 0.6 is 24.0 Å². The van der Waals surface area contributed by atoms with Gasteiger partial charge < -0.3 is 15.0 Å². The summed E-state index contributed by atoms with van der Waals surface area (Å²) >= 11 is 0. The SMILES string of the molecule is CCNC(=NCCC(C)C)N1CCC(c2ccc(OC)cc2)C1.I. The van der Waals surface area contributed by atoms with E-state index in [9.17, 15) is 0 Å². The summed E-state index contributed by atoms with van der Waals surface area (Å²) in [5.41, 5.74) is 1.39. The van der Waals surface area contributed by atoms with Gasteiger partial charge in [0, 0.05) is 32.1 Å². The van der Waals surface area contributed by atoms with Crippen LogP contribution in [0.5, 0.6) is 5.75 Å². The van der Waals surface area contributed by atoms with Crippen LogP contribution in [-0.4, -0.2) is 44.1 Å². The van der Waals surface area contributed by atoms with Gasteiger partial charge in [0.25, 0.3) is 0 Å². The standard InChI is InChI=1S/C19H31N3O.HI/c1-5-20-19(21-12-10-15(2)3)22-13-11-17(14-22)16-6-8-18(23-4)9-7-16;/h6-9,15,17H,5,10-14H2,1-4H3,(H,20,21);1H. The maximum Gasteiger partial charge on any atom is 0.193 e. The fourth-order valence-electron chi connectivity index (χ4n) is 2.96. The van der Waals surface area contributed by atoms with E-state index in [1.807, 2.05) is 0 Å². The monoisotopic (exact) mass is 445 g/mol. The molecule has 1 fully saturated rings. The number of hydrogen-bond acceptors (Lipinski definition) is 2. The van der Waals surface area contributed by atoms with Crippen LogP contribution < -0.4 is 10.1 Å². The molecule has 0 aliphatic carbocycles. The second kappa shape index (κ2) is 10.8. The van der Waals surface area contributed by atoms with Gasteiger partial charge in [-0.15, -0.1) is 24.0 Å². The number of guanidine groups is 1. The molecule has 1 N–H and O–H groups in total. The largest absolute Gasteiger partial charge is 0.497 e. The fraction of sp³-hybridized carbons (Fsp3) is 0.632. The highest BCUT2D eigenvalue weighted by molar-refractivity contribution is 14.0. The Kier molecular flexibility index (Phi) is 9.48. The Balaban J connectivity index is 0.00000288. The molecule has 1 aliphatic rings. The quantitative estimate of drug-likeness (QED) is 0.407. The Bertz CT molecular complexity index is 502. The van der Waals surface area contributed by atoms with E-state index in [1.54, 1.807) is 7.11 Å². The van der Waals surface area contributed by atoms with Gasteiger partial charge >= 0.3 is 0 Å². The Hall–Kier alpha value is -0.980. The van der Waals surface area contributed by atoms with Crippen molar-refractivity contribution in [3.8, 4) is 5.75 Å². The van der Waals surface area contributed by atoms with E-state index in [0.717, 1.165) is 44.3 Å². The van der Waals surface area contributed by atoms with E-state index in [1.165, 1.54) is 12.0 Å². The predicted octanol–water partition coefficient (Wildman–Crippen LogP) is 4.11. The van der Waals surface area contributed by atoms with Gasteiger partial charge in [-0.2, -0.15) is 0 Å². The molecule has 1 unspecified atom stereocenters. The van der Waals surface area contributed by atoms with Gasteiger partial charge in [0.05, 0.1) is 7.11 Å². The van der Waals surface area contributed by atoms with Gasteiger partial charge in [0.15, 0.2) is 5.96 Å². The first-order chi connectivity index (χ1) is 11.1. The van der Waals surface area contributed by atoms with Crippen LogP contribution in [0.15, 0.2) is 29.3 Å². The molecule has 1 heterocycles. The molecule has 1 aromatic carbocycles. The zero-order valence-electron chi connectivity index (χ0n) is 15.4. The molecular formula is C19H32IN3O. The molecule has 0 bridgehead atoms. The maximum atomic E-state index is 5.25. The van der Waals surface area contributed by atoms with E-state index >= 15 is 0 Å². The van der Waals surface area contributed by atoms with Crippen molar-refractivity contribution >= 4 is 29.9 Å². The van der Waals surface area contributed by atoms with Crippen LogP contribution in [-0.2, 0) is 0 Å². The highest BCUT2D eigenvalue weighted by atomic mass is 127. The minimum atomic E-state index is 0. The van der Waals surface area contributed by atoms with Crippen LogP contribution in [0.25, 0.3) is 0 Å². The van der Waals surface area contributed by atoms with E-state index in [-0.39, 0.29) is 24.0 Å². The normalized spacial score (nSPS) is 17.8. The summed E-state index contributed by atoms with van der Waals surface area (Å²) in [5, 5.41) is 3.44. The number of halogens is 1. The number of rotatable bonds is 6. The number of ether oxygens (including phenoxy) is 1. The third-order valence-electron chi connectivity index (χ3n) is 4.38. The topological polar surface area (TPSA) is 36.9 Å². The highest BCUT2D eigenvalue weighted by Gasteiger charge is 2.26. The summed E-state index contributed by atoms with van der Waals surface area (Å²) in [7, 11) is 1.71. The van der Waals surface area contributed by atoms with Gasteiger partial charge in [-0.3, -0.25) is 4.99 Å². The Morgan fingerprint density at radius 3 is 2.62 bits per heavy atom. The van der Waals surface area contributed by atoms with Crippen LogP contribution in [0.3, 0.4) is 0 Å². The Morgan fingerprint density at radius 1 is 1.33 bits per heavy atom. The molecule has 1 aromatic rings. The van der Waals surface area contributed by atoms with E-state index < -0.39 is 0 Å². The lowest BCUT2D eigenvalue weighted by atomic mass is 9.98. The van der Waals surface area contributed by atoms with Gasteiger partial charge in [-0.05, 0) is 43.4 Å². The first kappa shape index (κ1) is 21.1. The molecule has 1 atom stereocenters. The molecule has 0 amide bonds. The first-order valence-electron chi connectivity index (χ1n) is 8.81. The molecule has 1 saturated heterocycles. The predicted molar refractivity (Wildman–Crippen MR) is 113 cm³/mol. The lowest BCUT2D eigenvalue weighted by Crippen LogP contribution is -2.40. The van der Waals surface area contributed by atoms with E-state index in [2.05, 4.69) is 55.3 Å². The number of likely N-dealkylation sites (tertiary alicyclic amines) is 1. The number of methoxy groups -OCH3 is 1. The lowest BCUT2D eigenvalue weighted by Gasteiger charge is -2.22. The molecule has 0 aromatic heterocycles. The molecule has 4 nitrogen and oxygen atoms in total. The average Bonchev–Trinajstić information content (AvgIpc) is 3.03. The minimum Gasteiger partial charge on any atom is -0.497 e. The maximum absolute atomic E-state index is 5.25. The Labute approximate surface area is 164 Å². The molecule has 0 spiro atoms. The molecule has 0 saturated carbocycles. The summed E-state index contributed by atoms with van der Waals surface area (Å²) in [6.07, 6.45) is 2.32. The summed E-state index contributed by atoms with van der Waals surface area (Å²) < 4.78 is 5.25. The molecule has 136 valence electrons. The zero-order chi connectivity index (χ0) is 16.7. The number of hydrogen-bond donors (Lipinski definition) is 1. The lowest BCUT2D eigenvalue weighted by molar-refractivity contribution is 0.414. The van der Waals surface area contributed by atoms with Crippen LogP contribution in [0, 0.1) is 5.92 Å². The third-order valence-corrected chi connectivity index (χ3v) is 4.38. The molecule has 5 heteroatoms. The zero-order valence-corrected chi connectivity index (χ0v) is 17.7. The van der Waals surface area contributed by atoms with Gasteiger partial charge in [0.1, 0.15) is 5.75 Å². The first-order valence-corrected chi connectivity index (χ1v) is 8.81. The van der Waals surface area contributed by atoms with E-state index in [0.29, 0.717) is 11.8 Å². The van der Waals surface area contributed by atoms with Crippen LogP contribution in [0.4, 0.5) is 0 Å². The number of nitrogens with one attached hydrogen (secondary N) is 1. The van der Waals surface area contributed by atoms with Crippen molar-refractivity contribution in [1.29, 1.82) is 0 Å². The highest BCUT2D eigenvalue weighted by Crippen LogP contribution is 2.28. The molecule has 2 rings (SSSR count). The van der Waals surface area contributed by atoms with Gasteiger partial charge in [0.2, 0.25) is 0 Å². The van der Waals surface area contributed by atoms with Crippen LogP contribution in [0.2, 0.25) is 0 Å².